The highest BCUT2D eigenvalue weighted by molar-refractivity contribution is 7.89. The predicted molar refractivity (Wildman–Crippen MR) is 118 cm³/mol. The van der Waals surface area contributed by atoms with Gasteiger partial charge in [-0.1, -0.05) is 39.0 Å². The lowest BCUT2D eigenvalue weighted by Gasteiger charge is -2.30. The summed E-state index contributed by atoms with van der Waals surface area (Å²) in [5.41, 5.74) is 1.74. The van der Waals surface area contributed by atoms with Gasteiger partial charge in [0.25, 0.3) is 0 Å². The van der Waals surface area contributed by atoms with E-state index in [-0.39, 0.29) is 17.2 Å². The van der Waals surface area contributed by atoms with Gasteiger partial charge in [0.1, 0.15) is 5.75 Å². The summed E-state index contributed by atoms with van der Waals surface area (Å²) in [6.07, 6.45) is 0.990. The van der Waals surface area contributed by atoms with E-state index in [9.17, 15) is 13.2 Å². The SMILES string of the molecule is COc1cccc(NC(=O)C2CCN(S(=O)(=O)c3ccc(C(C)(C)C)cc3)CC2)c1. The first-order chi connectivity index (χ1) is 14.1. The van der Waals surface area contributed by atoms with Crippen LogP contribution in [-0.2, 0) is 20.2 Å². The first-order valence-corrected chi connectivity index (χ1v) is 11.6. The van der Waals surface area contributed by atoms with Crippen LogP contribution in [0.3, 0.4) is 0 Å². The number of piperidine rings is 1. The Kier molecular flexibility index (Phi) is 6.53. The fourth-order valence-electron chi connectivity index (χ4n) is 3.58. The first-order valence-electron chi connectivity index (χ1n) is 10.2. The second kappa shape index (κ2) is 8.78. The van der Waals surface area contributed by atoms with Gasteiger partial charge in [0.15, 0.2) is 0 Å². The van der Waals surface area contributed by atoms with Gasteiger partial charge in [-0.05, 0) is 48.1 Å². The Bertz CT molecular complexity index is 987. The third kappa shape index (κ3) is 5.02. The smallest absolute Gasteiger partial charge is 0.243 e. The van der Waals surface area contributed by atoms with Crippen molar-refractivity contribution in [3.8, 4) is 5.75 Å². The van der Waals surface area contributed by atoms with E-state index in [0.29, 0.717) is 42.3 Å². The molecule has 0 radical (unpaired) electrons. The number of nitrogens with zero attached hydrogens (tertiary/aromatic N) is 1. The van der Waals surface area contributed by atoms with Crippen molar-refractivity contribution in [3.63, 3.8) is 0 Å². The Balaban J connectivity index is 1.62. The number of carbonyl (C=O) groups is 1. The minimum atomic E-state index is -3.56. The zero-order chi connectivity index (χ0) is 21.9. The van der Waals surface area contributed by atoms with Crippen molar-refractivity contribution in [2.45, 2.75) is 43.9 Å². The van der Waals surface area contributed by atoms with Crippen molar-refractivity contribution in [3.05, 3.63) is 54.1 Å². The van der Waals surface area contributed by atoms with Gasteiger partial charge in [0.05, 0.1) is 12.0 Å². The van der Waals surface area contributed by atoms with Gasteiger partial charge in [-0.15, -0.1) is 0 Å². The highest BCUT2D eigenvalue weighted by atomic mass is 32.2. The van der Waals surface area contributed by atoms with E-state index in [1.165, 1.54) is 4.31 Å². The molecule has 0 saturated carbocycles. The molecule has 1 fully saturated rings. The summed E-state index contributed by atoms with van der Waals surface area (Å²) in [6.45, 7) is 6.95. The molecule has 1 saturated heterocycles. The van der Waals surface area contributed by atoms with Crippen molar-refractivity contribution in [1.29, 1.82) is 0 Å². The van der Waals surface area contributed by atoms with Gasteiger partial charge in [0.2, 0.25) is 15.9 Å². The third-order valence-electron chi connectivity index (χ3n) is 5.52. The molecule has 0 unspecified atom stereocenters. The zero-order valence-corrected chi connectivity index (χ0v) is 18.8. The van der Waals surface area contributed by atoms with E-state index < -0.39 is 10.0 Å². The number of nitrogens with one attached hydrogen (secondary N) is 1. The van der Waals surface area contributed by atoms with Gasteiger partial charge < -0.3 is 10.1 Å². The molecule has 3 rings (SSSR count). The van der Waals surface area contributed by atoms with Gasteiger partial charge in [0, 0.05) is 30.8 Å². The number of rotatable bonds is 5. The molecule has 162 valence electrons. The molecule has 7 heteroatoms. The lowest BCUT2D eigenvalue weighted by Crippen LogP contribution is -2.41. The highest BCUT2D eigenvalue weighted by Crippen LogP contribution is 2.28. The van der Waals surface area contributed by atoms with Crippen LogP contribution in [0.15, 0.2) is 53.4 Å². The number of benzene rings is 2. The molecule has 0 aromatic heterocycles. The lowest BCUT2D eigenvalue weighted by atomic mass is 9.87. The molecule has 1 N–H and O–H groups in total. The molecule has 0 bridgehead atoms. The Morgan fingerprint density at radius 3 is 2.27 bits per heavy atom. The van der Waals surface area contributed by atoms with Crippen molar-refractivity contribution in [1.82, 2.24) is 4.31 Å². The Morgan fingerprint density at radius 2 is 1.70 bits per heavy atom. The minimum Gasteiger partial charge on any atom is -0.497 e. The van der Waals surface area contributed by atoms with E-state index in [0.717, 1.165) is 5.56 Å². The predicted octanol–water partition coefficient (Wildman–Crippen LogP) is 4.03. The molecule has 1 aliphatic rings. The molecule has 2 aromatic rings. The maximum Gasteiger partial charge on any atom is 0.243 e. The zero-order valence-electron chi connectivity index (χ0n) is 18.0. The Morgan fingerprint density at radius 1 is 1.07 bits per heavy atom. The standard InChI is InChI=1S/C23H30N2O4S/c1-23(2,3)18-8-10-21(11-9-18)30(27,28)25-14-12-17(13-15-25)22(26)24-19-6-5-7-20(16-19)29-4/h5-11,16-17H,12-15H2,1-4H3,(H,24,26). The van der Waals surface area contributed by atoms with Crippen LogP contribution in [0, 0.1) is 5.92 Å². The lowest BCUT2D eigenvalue weighted by molar-refractivity contribution is -0.120. The molecule has 30 heavy (non-hydrogen) atoms. The molecule has 1 heterocycles. The second-order valence-corrected chi connectivity index (χ2v) is 10.6. The molecular formula is C23H30N2O4S. The number of carbonyl (C=O) groups excluding carboxylic acids is 1. The number of hydrogen-bond donors (Lipinski definition) is 1. The molecule has 0 atom stereocenters. The maximum atomic E-state index is 13.0. The van der Waals surface area contributed by atoms with Crippen LogP contribution in [0.25, 0.3) is 0 Å². The monoisotopic (exact) mass is 430 g/mol. The number of anilines is 1. The molecular weight excluding hydrogens is 400 g/mol. The molecule has 6 nitrogen and oxygen atoms in total. The molecule has 2 aromatic carbocycles. The number of amides is 1. The average Bonchev–Trinajstić information content (AvgIpc) is 2.73. The van der Waals surface area contributed by atoms with Crippen molar-refractivity contribution in [2.75, 3.05) is 25.5 Å². The summed E-state index contributed by atoms with van der Waals surface area (Å²) in [4.78, 5) is 12.9. The summed E-state index contributed by atoms with van der Waals surface area (Å²) in [7, 11) is -1.98. The molecule has 0 spiro atoms. The van der Waals surface area contributed by atoms with E-state index in [1.807, 2.05) is 24.3 Å². The molecule has 1 aliphatic heterocycles. The quantitative estimate of drug-likeness (QED) is 0.777. The first kappa shape index (κ1) is 22.3. The summed E-state index contributed by atoms with van der Waals surface area (Å²) in [6, 6.07) is 14.3. The maximum absolute atomic E-state index is 13.0. The van der Waals surface area contributed by atoms with Crippen LogP contribution < -0.4 is 10.1 Å². The van der Waals surface area contributed by atoms with Crippen LogP contribution in [-0.4, -0.2) is 38.8 Å². The van der Waals surface area contributed by atoms with Gasteiger partial charge in [-0.25, -0.2) is 8.42 Å². The van der Waals surface area contributed by atoms with Crippen LogP contribution in [0.2, 0.25) is 0 Å². The highest BCUT2D eigenvalue weighted by Gasteiger charge is 2.32. The van der Waals surface area contributed by atoms with Crippen LogP contribution in [0.4, 0.5) is 5.69 Å². The number of sulfonamides is 1. The molecule has 1 amide bonds. The van der Waals surface area contributed by atoms with Crippen LogP contribution >= 0.6 is 0 Å². The number of methoxy groups -OCH3 is 1. The van der Waals surface area contributed by atoms with Gasteiger partial charge >= 0.3 is 0 Å². The van der Waals surface area contributed by atoms with Gasteiger partial charge in [-0.2, -0.15) is 4.31 Å². The minimum absolute atomic E-state index is 0.0310. The molecule has 0 aliphatic carbocycles. The summed E-state index contributed by atoms with van der Waals surface area (Å²) in [5, 5.41) is 2.91. The fourth-order valence-corrected chi connectivity index (χ4v) is 5.05. The van der Waals surface area contributed by atoms with E-state index in [4.69, 9.17) is 4.74 Å². The van der Waals surface area contributed by atoms with E-state index in [1.54, 1.807) is 31.4 Å². The van der Waals surface area contributed by atoms with E-state index >= 15 is 0 Å². The summed E-state index contributed by atoms with van der Waals surface area (Å²) < 4.78 is 32.7. The Hall–Kier alpha value is -2.38. The largest absolute Gasteiger partial charge is 0.497 e. The van der Waals surface area contributed by atoms with Crippen LogP contribution in [0.5, 0.6) is 5.75 Å². The number of hydrogen-bond acceptors (Lipinski definition) is 4. The van der Waals surface area contributed by atoms with Gasteiger partial charge in [-0.3, -0.25) is 4.79 Å². The third-order valence-corrected chi connectivity index (χ3v) is 7.43. The summed E-state index contributed by atoms with van der Waals surface area (Å²) >= 11 is 0. The second-order valence-electron chi connectivity index (χ2n) is 8.67. The topological polar surface area (TPSA) is 75.7 Å². The van der Waals surface area contributed by atoms with Crippen molar-refractivity contribution < 1.29 is 17.9 Å². The van der Waals surface area contributed by atoms with Crippen LogP contribution in [0.1, 0.15) is 39.2 Å². The number of ether oxygens (including phenoxy) is 1. The average molecular weight is 431 g/mol. The van der Waals surface area contributed by atoms with Crippen molar-refractivity contribution in [2.24, 2.45) is 5.92 Å². The summed E-state index contributed by atoms with van der Waals surface area (Å²) in [5.74, 6) is 0.368. The normalized spacial score (nSPS) is 16.3. The van der Waals surface area contributed by atoms with E-state index in [2.05, 4.69) is 26.1 Å². The van der Waals surface area contributed by atoms with Crippen molar-refractivity contribution >= 4 is 21.6 Å². The fraction of sp³-hybridized carbons (Fsp3) is 0.435. The Labute approximate surface area is 179 Å².